The molecule has 0 unspecified atom stereocenters. The van der Waals surface area contributed by atoms with E-state index in [2.05, 4.69) is 15.8 Å². The van der Waals surface area contributed by atoms with Crippen LogP contribution in [0.2, 0.25) is 5.02 Å². The molecule has 0 bridgehead atoms. The van der Waals surface area contributed by atoms with Crippen molar-refractivity contribution in [1.82, 2.24) is 5.43 Å². The van der Waals surface area contributed by atoms with Gasteiger partial charge in [-0.15, -0.1) is 0 Å². The number of hydrogen-bond acceptors (Lipinski definition) is 5. The number of nitro benzene ring substituents is 1. The van der Waals surface area contributed by atoms with Gasteiger partial charge >= 0.3 is 0 Å². The first-order valence-electron chi connectivity index (χ1n) is 7.03. The molecule has 0 fully saturated rings. The molecule has 7 nitrogen and oxygen atoms in total. The number of benzene rings is 2. The lowest BCUT2D eigenvalue weighted by molar-refractivity contribution is -0.385. The van der Waals surface area contributed by atoms with Gasteiger partial charge in [0.1, 0.15) is 0 Å². The first kappa shape index (κ1) is 17.4. The zero-order chi connectivity index (χ0) is 17.5. The Morgan fingerprint density at radius 3 is 2.79 bits per heavy atom. The van der Waals surface area contributed by atoms with Gasteiger partial charge in [0, 0.05) is 16.8 Å². The van der Waals surface area contributed by atoms with Crippen molar-refractivity contribution in [2.45, 2.75) is 6.92 Å². The fourth-order valence-electron chi connectivity index (χ4n) is 1.95. The average molecular weight is 347 g/mol. The lowest BCUT2D eigenvalue weighted by Crippen LogP contribution is -2.26. The Kier molecular flexibility index (Phi) is 5.86. The van der Waals surface area contributed by atoms with Crippen LogP contribution in [0.1, 0.15) is 11.1 Å². The summed E-state index contributed by atoms with van der Waals surface area (Å²) < 4.78 is 0. The van der Waals surface area contributed by atoms with E-state index in [0.717, 1.165) is 11.3 Å². The predicted octanol–water partition coefficient (Wildman–Crippen LogP) is 3.12. The average Bonchev–Trinajstić information content (AvgIpc) is 2.56. The van der Waals surface area contributed by atoms with Crippen LogP contribution in [0.25, 0.3) is 0 Å². The molecule has 2 aromatic carbocycles. The highest BCUT2D eigenvalue weighted by Crippen LogP contribution is 2.22. The maximum atomic E-state index is 11.8. The first-order chi connectivity index (χ1) is 11.5. The zero-order valence-corrected chi connectivity index (χ0v) is 13.6. The highest BCUT2D eigenvalue weighted by molar-refractivity contribution is 6.31. The molecule has 0 radical (unpaired) electrons. The van der Waals surface area contributed by atoms with Crippen LogP contribution in [0.4, 0.5) is 11.4 Å². The molecule has 0 aliphatic rings. The lowest BCUT2D eigenvalue weighted by atomic mass is 10.2. The van der Waals surface area contributed by atoms with Crippen molar-refractivity contribution < 1.29 is 9.72 Å². The number of rotatable bonds is 6. The van der Waals surface area contributed by atoms with Crippen LogP contribution in [0.3, 0.4) is 0 Å². The van der Waals surface area contributed by atoms with Gasteiger partial charge in [-0.25, -0.2) is 5.43 Å². The number of carbonyl (C=O) groups excluding carboxylic acids is 1. The zero-order valence-electron chi connectivity index (χ0n) is 12.8. The van der Waals surface area contributed by atoms with E-state index >= 15 is 0 Å². The summed E-state index contributed by atoms with van der Waals surface area (Å²) in [4.78, 5) is 22.1. The van der Waals surface area contributed by atoms with Crippen molar-refractivity contribution in [3.8, 4) is 0 Å². The number of nitrogens with zero attached hydrogens (tertiary/aromatic N) is 2. The molecule has 0 spiro atoms. The summed E-state index contributed by atoms with van der Waals surface area (Å²) in [6.07, 6.45) is 1.24. The van der Waals surface area contributed by atoms with Gasteiger partial charge in [-0.3, -0.25) is 14.9 Å². The largest absolute Gasteiger partial charge is 0.376 e. The first-order valence-corrected chi connectivity index (χ1v) is 7.41. The molecule has 0 aromatic heterocycles. The summed E-state index contributed by atoms with van der Waals surface area (Å²) in [5.74, 6) is -0.385. The van der Waals surface area contributed by atoms with E-state index in [-0.39, 0.29) is 18.1 Å². The molecule has 124 valence electrons. The molecule has 2 N–H and O–H groups in total. The third kappa shape index (κ3) is 4.53. The van der Waals surface area contributed by atoms with Gasteiger partial charge in [-0.1, -0.05) is 29.8 Å². The molecule has 0 atom stereocenters. The van der Waals surface area contributed by atoms with Crippen LogP contribution in [0.15, 0.2) is 47.6 Å². The monoisotopic (exact) mass is 346 g/mol. The third-order valence-corrected chi connectivity index (χ3v) is 3.64. The van der Waals surface area contributed by atoms with Gasteiger partial charge in [0.05, 0.1) is 23.2 Å². The molecule has 0 saturated heterocycles. The number of amides is 1. The minimum Gasteiger partial charge on any atom is -0.376 e. The van der Waals surface area contributed by atoms with E-state index in [4.69, 9.17) is 11.6 Å². The van der Waals surface area contributed by atoms with Crippen molar-refractivity contribution >= 4 is 35.1 Å². The lowest BCUT2D eigenvalue weighted by Gasteiger charge is -2.09. The molecule has 0 heterocycles. The number of anilines is 1. The van der Waals surface area contributed by atoms with Crippen LogP contribution in [-0.4, -0.2) is 23.6 Å². The maximum absolute atomic E-state index is 11.8. The summed E-state index contributed by atoms with van der Waals surface area (Å²) in [6.45, 7) is 1.84. The number of carbonyl (C=O) groups is 1. The van der Waals surface area contributed by atoms with Crippen LogP contribution < -0.4 is 10.7 Å². The van der Waals surface area contributed by atoms with Crippen molar-refractivity contribution in [2.24, 2.45) is 5.10 Å². The van der Waals surface area contributed by atoms with Crippen LogP contribution >= 0.6 is 11.6 Å². The SMILES string of the molecule is Cc1c(Cl)cccc1NCC(=O)NN=Cc1ccccc1[N+](=O)[O-]. The van der Waals surface area contributed by atoms with Crippen molar-refractivity contribution in [2.75, 3.05) is 11.9 Å². The van der Waals surface area contributed by atoms with E-state index in [1.165, 1.54) is 12.3 Å². The minimum absolute atomic E-state index is 0.00456. The molecular weight excluding hydrogens is 332 g/mol. The van der Waals surface area contributed by atoms with Gasteiger partial charge in [-0.2, -0.15) is 5.10 Å². The van der Waals surface area contributed by atoms with E-state index < -0.39 is 4.92 Å². The highest BCUT2D eigenvalue weighted by atomic mass is 35.5. The second-order valence-electron chi connectivity index (χ2n) is 4.88. The van der Waals surface area contributed by atoms with E-state index in [0.29, 0.717) is 10.6 Å². The Morgan fingerprint density at radius 1 is 1.29 bits per heavy atom. The fraction of sp³-hybridized carbons (Fsp3) is 0.125. The number of nitrogens with one attached hydrogen (secondary N) is 2. The quantitative estimate of drug-likeness (QED) is 0.477. The van der Waals surface area contributed by atoms with Gasteiger partial charge in [0.15, 0.2) is 0 Å². The van der Waals surface area contributed by atoms with Crippen molar-refractivity contribution in [1.29, 1.82) is 0 Å². The second kappa shape index (κ2) is 8.07. The van der Waals surface area contributed by atoms with Crippen LogP contribution in [0.5, 0.6) is 0 Å². The molecule has 8 heteroatoms. The Hall–Kier alpha value is -2.93. The summed E-state index contributed by atoms with van der Waals surface area (Å²) >= 11 is 6.00. The number of halogens is 1. The molecule has 0 aliphatic heterocycles. The van der Waals surface area contributed by atoms with Crippen LogP contribution in [0, 0.1) is 17.0 Å². The summed E-state index contributed by atoms with van der Waals surface area (Å²) in [6, 6.07) is 11.5. The fourth-order valence-corrected chi connectivity index (χ4v) is 2.13. The molecule has 2 rings (SSSR count). The maximum Gasteiger partial charge on any atom is 0.278 e. The second-order valence-corrected chi connectivity index (χ2v) is 5.28. The summed E-state index contributed by atoms with van der Waals surface area (Å²) in [5.41, 5.74) is 4.13. The summed E-state index contributed by atoms with van der Waals surface area (Å²) in [5, 5.41) is 18.2. The van der Waals surface area contributed by atoms with Gasteiger partial charge < -0.3 is 5.32 Å². The number of hydrazone groups is 1. The van der Waals surface area contributed by atoms with Gasteiger partial charge in [0.2, 0.25) is 0 Å². The van der Waals surface area contributed by atoms with Gasteiger partial charge in [-0.05, 0) is 30.7 Å². The Morgan fingerprint density at radius 2 is 2.04 bits per heavy atom. The highest BCUT2D eigenvalue weighted by Gasteiger charge is 2.10. The number of para-hydroxylation sites is 1. The van der Waals surface area contributed by atoms with E-state index in [9.17, 15) is 14.9 Å². The Balaban J connectivity index is 1.92. The molecule has 24 heavy (non-hydrogen) atoms. The predicted molar refractivity (Wildman–Crippen MR) is 93.5 cm³/mol. The molecular formula is C16H15ClN4O3. The molecule has 2 aromatic rings. The molecule has 1 amide bonds. The minimum atomic E-state index is -0.507. The molecule has 0 aliphatic carbocycles. The smallest absolute Gasteiger partial charge is 0.278 e. The van der Waals surface area contributed by atoms with Crippen molar-refractivity contribution in [3.05, 3.63) is 68.7 Å². The van der Waals surface area contributed by atoms with Crippen molar-refractivity contribution in [3.63, 3.8) is 0 Å². The third-order valence-electron chi connectivity index (χ3n) is 3.23. The Bertz CT molecular complexity index is 793. The normalized spacial score (nSPS) is 10.6. The number of nitro groups is 1. The topological polar surface area (TPSA) is 96.6 Å². The number of hydrogen-bond donors (Lipinski definition) is 2. The molecule has 0 saturated carbocycles. The summed E-state index contributed by atoms with van der Waals surface area (Å²) in [7, 11) is 0. The van der Waals surface area contributed by atoms with Crippen LogP contribution in [-0.2, 0) is 4.79 Å². The van der Waals surface area contributed by atoms with Gasteiger partial charge in [0.25, 0.3) is 11.6 Å². The standard InChI is InChI=1S/C16H15ClN4O3/c1-11-13(17)6-4-7-14(11)18-10-16(22)20-19-9-12-5-2-3-8-15(12)21(23)24/h2-9,18H,10H2,1H3,(H,20,22). The van der Waals surface area contributed by atoms with E-state index in [1.807, 2.05) is 13.0 Å². The Labute approximate surface area is 143 Å². The van der Waals surface area contributed by atoms with E-state index in [1.54, 1.807) is 30.3 Å².